The minimum atomic E-state index is -4.34. The summed E-state index contributed by atoms with van der Waals surface area (Å²) in [5.41, 5.74) is 0. The molecule has 0 spiro atoms. The standard InChI is InChI=1S/C12H14F3NO3/c13-12(14,15)9-16-8-11(17)19-7-6-18-10-4-2-1-3-5-10/h1-5,16H,6-9H2. The van der Waals surface area contributed by atoms with E-state index in [0.29, 0.717) is 5.75 Å². The summed E-state index contributed by atoms with van der Waals surface area (Å²) in [5.74, 6) is -0.116. The molecular weight excluding hydrogens is 263 g/mol. The number of alkyl halides is 3. The van der Waals surface area contributed by atoms with Crippen molar-refractivity contribution in [1.29, 1.82) is 0 Å². The first-order valence-corrected chi connectivity index (χ1v) is 5.58. The van der Waals surface area contributed by atoms with Crippen LogP contribution in [0.2, 0.25) is 0 Å². The third-order valence-electron chi connectivity index (χ3n) is 1.95. The summed E-state index contributed by atoms with van der Waals surface area (Å²) >= 11 is 0. The molecule has 0 unspecified atom stereocenters. The molecule has 19 heavy (non-hydrogen) atoms. The number of para-hydroxylation sites is 1. The highest BCUT2D eigenvalue weighted by atomic mass is 19.4. The summed E-state index contributed by atoms with van der Waals surface area (Å²) in [6.45, 7) is -1.57. The Balaban J connectivity index is 2.05. The normalized spacial score (nSPS) is 11.1. The summed E-state index contributed by atoms with van der Waals surface area (Å²) in [5, 5.41) is 1.94. The number of hydrogen-bond donors (Lipinski definition) is 1. The highest BCUT2D eigenvalue weighted by Gasteiger charge is 2.26. The molecule has 0 aliphatic heterocycles. The van der Waals surface area contributed by atoms with Crippen molar-refractivity contribution < 1.29 is 27.4 Å². The zero-order chi connectivity index (χ0) is 14.1. The van der Waals surface area contributed by atoms with Crippen LogP contribution in [0.5, 0.6) is 5.75 Å². The van der Waals surface area contributed by atoms with Crippen molar-refractivity contribution in [1.82, 2.24) is 5.32 Å². The molecule has 1 aromatic carbocycles. The lowest BCUT2D eigenvalue weighted by Crippen LogP contribution is -2.33. The van der Waals surface area contributed by atoms with Gasteiger partial charge in [-0.25, -0.2) is 0 Å². The van der Waals surface area contributed by atoms with Gasteiger partial charge < -0.3 is 9.47 Å². The maximum atomic E-state index is 11.8. The van der Waals surface area contributed by atoms with E-state index in [2.05, 4.69) is 4.74 Å². The SMILES string of the molecule is O=C(CNCC(F)(F)F)OCCOc1ccccc1. The lowest BCUT2D eigenvalue weighted by atomic mass is 10.3. The average molecular weight is 277 g/mol. The molecule has 0 amide bonds. The van der Waals surface area contributed by atoms with Crippen LogP contribution in [0.4, 0.5) is 13.2 Å². The molecule has 0 bridgehead atoms. The van der Waals surface area contributed by atoms with Crippen molar-refractivity contribution in [2.24, 2.45) is 0 Å². The van der Waals surface area contributed by atoms with E-state index in [1.54, 1.807) is 24.3 Å². The molecule has 7 heteroatoms. The van der Waals surface area contributed by atoms with Gasteiger partial charge in [-0.2, -0.15) is 13.2 Å². The first kappa shape index (κ1) is 15.3. The molecule has 1 aromatic rings. The minimum Gasteiger partial charge on any atom is -0.490 e. The lowest BCUT2D eigenvalue weighted by molar-refractivity contribution is -0.145. The fourth-order valence-electron chi connectivity index (χ4n) is 1.19. The van der Waals surface area contributed by atoms with Gasteiger partial charge in [-0.3, -0.25) is 10.1 Å². The summed E-state index contributed by atoms with van der Waals surface area (Å²) in [4.78, 5) is 11.0. The Labute approximate surface area is 108 Å². The second-order valence-corrected chi connectivity index (χ2v) is 3.60. The average Bonchev–Trinajstić information content (AvgIpc) is 2.34. The molecular formula is C12H14F3NO3. The Morgan fingerprint density at radius 3 is 2.47 bits per heavy atom. The van der Waals surface area contributed by atoms with E-state index < -0.39 is 25.2 Å². The van der Waals surface area contributed by atoms with Gasteiger partial charge in [0.15, 0.2) is 0 Å². The van der Waals surface area contributed by atoms with Gasteiger partial charge in [0.1, 0.15) is 19.0 Å². The minimum absolute atomic E-state index is 0.0125. The molecule has 0 saturated carbocycles. The molecule has 0 radical (unpaired) electrons. The number of halogens is 3. The van der Waals surface area contributed by atoms with Gasteiger partial charge >= 0.3 is 12.1 Å². The van der Waals surface area contributed by atoms with Gasteiger partial charge in [-0.05, 0) is 12.1 Å². The fraction of sp³-hybridized carbons (Fsp3) is 0.417. The number of benzene rings is 1. The van der Waals surface area contributed by atoms with Crippen molar-refractivity contribution in [3.05, 3.63) is 30.3 Å². The summed E-state index contributed by atoms with van der Waals surface area (Å²) < 4.78 is 45.2. The van der Waals surface area contributed by atoms with Crippen LogP contribution < -0.4 is 10.1 Å². The molecule has 106 valence electrons. The largest absolute Gasteiger partial charge is 0.490 e. The molecule has 0 aromatic heterocycles. The van der Waals surface area contributed by atoms with Crippen molar-refractivity contribution >= 4 is 5.97 Å². The fourth-order valence-corrected chi connectivity index (χ4v) is 1.19. The van der Waals surface area contributed by atoms with Crippen LogP contribution in [0.1, 0.15) is 0 Å². The number of carbonyl (C=O) groups is 1. The first-order valence-electron chi connectivity index (χ1n) is 5.58. The number of nitrogens with one attached hydrogen (secondary N) is 1. The lowest BCUT2D eigenvalue weighted by Gasteiger charge is -2.09. The van der Waals surface area contributed by atoms with E-state index in [9.17, 15) is 18.0 Å². The van der Waals surface area contributed by atoms with Crippen LogP contribution in [0.15, 0.2) is 30.3 Å². The van der Waals surface area contributed by atoms with E-state index in [4.69, 9.17) is 4.74 Å². The smallest absolute Gasteiger partial charge is 0.401 e. The van der Waals surface area contributed by atoms with Crippen LogP contribution in [0.25, 0.3) is 0 Å². The predicted molar refractivity (Wildman–Crippen MR) is 61.8 cm³/mol. The molecule has 1 rings (SSSR count). The van der Waals surface area contributed by atoms with Crippen molar-refractivity contribution in [2.75, 3.05) is 26.3 Å². The van der Waals surface area contributed by atoms with E-state index in [1.807, 2.05) is 11.4 Å². The number of carbonyl (C=O) groups excluding carboxylic acids is 1. The molecule has 1 N–H and O–H groups in total. The maximum Gasteiger partial charge on any atom is 0.401 e. The Morgan fingerprint density at radius 1 is 1.16 bits per heavy atom. The molecule has 0 aliphatic carbocycles. The molecule has 0 fully saturated rings. The van der Waals surface area contributed by atoms with E-state index in [-0.39, 0.29) is 13.2 Å². The van der Waals surface area contributed by atoms with Crippen LogP contribution >= 0.6 is 0 Å². The highest BCUT2D eigenvalue weighted by Crippen LogP contribution is 2.11. The quantitative estimate of drug-likeness (QED) is 0.609. The second-order valence-electron chi connectivity index (χ2n) is 3.60. The summed E-state index contributed by atoms with van der Waals surface area (Å²) in [6, 6.07) is 8.91. The van der Waals surface area contributed by atoms with Crippen LogP contribution in [0.3, 0.4) is 0 Å². The van der Waals surface area contributed by atoms with Crippen molar-refractivity contribution in [2.45, 2.75) is 6.18 Å². The van der Waals surface area contributed by atoms with Gasteiger partial charge in [0.2, 0.25) is 0 Å². The number of ether oxygens (including phenoxy) is 2. The Hall–Kier alpha value is -1.76. The summed E-state index contributed by atoms with van der Waals surface area (Å²) in [6.07, 6.45) is -4.34. The van der Waals surface area contributed by atoms with Gasteiger partial charge in [0.05, 0.1) is 13.1 Å². The van der Waals surface area contributed by atoms with Crippen LogP contribution in [-0.2, 0) is 9.53 Å². The molecule has 0 atom stereocenters. The molecule has 4 nitrogen and oxygen atoms in total. The molecule has 0 aliphatic rings. The van der Waals surface area contributed by atoms with Gasteiger partial charge in [0, 0.05) is 0 Å². The highest BCUT2D eigenvalue weighted by molar-refractivity contribution is 5.71. The first-order chi connectivity index (χ1) is 8.97. The van der Waals surface area contributed by atoms with E-state index in [1.165, 1.54) is 0 Å². The van der Waals surface area contributed by atoms with Crippen molar-refractivity contribution in [3.8, 4) is 5.75 Å². The molecule has 0 saturated heterocycles. The van der Waals surface area contributed by atoms with Gasteiger partial charge in [-0.1, -0.05) is 18.2 Å². The second kappa shape index (κ2) is 7.63. The Kier molecular flexibility index (Phi) is 6.14. The van der Waals surface area contributed by atoms with Crippen LogP contribution in [-0.4, -0.2) is 38.4 Å². The maximum absolute atomic E-state index is 11.8. The third-order valence-corrected chi connectivity index (χ3v) is 1.95. The number of hydrogen-bond acceptors (Lipinski definition) is 4. The number of rotatable bonds is 7. The number of esters is 1. The zero-order valence-electron chi connectivity index (χ0n) is 10.1. The topological polar surface area (TPSA) is 47.6 Å². The van der Waals surface area contributed by atoms with Crippen molar-refractivity contribution in [3.63, 3.8) is 0 Å². The van der Waals surface area contributed by atoms with Gasteiger partial charge in [0.25, 0.3) is 0 Å². The Morgan fingerprint density at radius 2 is 1.84 bits per heavy atom. The monoisotopic (exact) mass is 277 g/mol. The molecule has 0 heterocycles. The predicted octanol–water partition coefficient (Wildman–Crippen LogP) is 1.76. The zero-order valence-corrected chi connectivity index (χ0v) is 10.1. The Bertz CT molecular complexity index is 382. The van der Waals surface area contributed by atoms with Gasteiger partial charge in [-0.15, -0.1) is 0 Å². The van der Waals surface area contributed by atoms with E-state index in [0.717, 1.165) is 0 Å². The third kappa shape index (κ3) is 8.04. The van der Waals surface area contributed by atoms with Crippen LogP contribution in [0, 0.1) is 0 Å². The summed E-state index contributed by atoms with van der Waals surface area (Å²) in [7, 11) is 0. The van der Waals surface area contributed by atoms with E-state index >= 15 is 0 Å².